The van der Waals surface area contributed by atoms with Crippen molar-refractivity contribution in [1.29, 1.82) is 0 Å². The van der Waals surface area contributed by atoms with Gasteiger partial charge < -0.3 is 0 Å². The lowest BCUT2D eigenvalue weighted by Gasteiger charge is -2.06. The maximum Gasteiger partial charge on any atom is 0.170 e. The molecule has 2 aromatic rings. The van der Waals surface area contributed by atoms with Crippen LogP contribution in [-0.2, 0) is 0 Å². The monoisotopic (exact) mass is 266 g/mol. The number of pyridine rings is 1. The minimum absolute atomic E-state index is 0.753. The van der Waals surface area contributed by atoms with Crippen LogP contribution in [-0.4, -0.2) is 19.7 Å². The highest BCUT2D eigenvalue weighted by Crippen LogP contribution is 2.22. The first-order chi connectivity index (χ1) is 7.09. The second-order valence-corrected chi connectivity index (χ2v) is 4.18. The summed E-state index contributed by atoms with van der Waals surface area (Å²) in [5.74, 6) is 2.38. The maximum absolute atomic E-state index is 4.30. The molecule has 2 rings (SSSR count). The van der Waals surface area contributed by atoms with E-state index in [4.69, 9.17) is 0 Å². The predicted molar refractivity (Wildman–Crippen MR) is 61.1 cm³/mol. The minimum Gasteiger partial charge on any atom is -0.236 e. The fourth-order valence-corrected chi connectivity index (χ4v) is 1.80. The van der Waals surface area contributed by atoms with Crippen LogP contribution in [0.3, 0.4) is 0 Å². The van der Waals surface area contributed by atoms with Crippen molar-refractivity contribution in [2.24, 2.45) is 0 Å². The van der Waals surface area contributed by atoms with Crippen molar-refractivity contribution in [2.75, 3.05) is 0 Å². The van der Waals surface area contributed by atoms with Crippen LogP contribution in [0.15, 0.2) is 16.7 Å². The van der Waals surface area contributed by atoms with Gasteiger partial charge in [0.15, 0.2) is 5.82 Å². The second-order valence-electron chi connectivity index (χ2n) is 3.38. The molecule has 5 heteroatoms. The number of rotatable bonds is 1. The van der Waals surface area contributed by atoms with E-state index in [2.05, 4.69) is 31.0 Å². The fourth-order valence-electron chi connectivity index (χ4n) is 1.40. The Morgan fingerprint density at radius 3 is 2.60 bits per heavy atom. The smallest absolute Gasteiger partial charge is 0.170 e. The molecule has 0 spiro atoms. The molecule has 0 bridgehead atoms. The first-order valence-corrected chi connectivity index (χ1v) is 5.40. The number of nitrogens with zero attached hydrogens (tertiary/aromatic N) is 4. The zero-order valence-electron chi connectivity index (χ0n) is 8.82. The SMILES string of the molecule is Cc1nc(C)n(-c2nccc(C)c2Br)n1. The topological polar surface area (TPSA) is 43.6 Å². The van der Waals surface area contributed by atoms with Crippen LogP contribution in [0.4, 0.5) is 0 Å². The van der Waals surface area contributed by atoms with Crippen molar-refractivity contribution in [3.8, 4) is 5.82 Å². The molecular weight excluding hydrogens is 256 g/mol. The molecule has 0 aliphatic heterocycles. The van der Waals surface area contributed by atoms with Crippen molar-refractivity contribution in [3.05, 3.63) is 33.9 Å². The van der Waals surface area contributed by atoms with Crippen molar-refractivity contribution in [2.45, 2.75) is 20.8 Å². The van der Waals surface area contributed by atoms with Crippen LogP contribution >= 0.6 is 15.9 Å². The zero-order valence-corrected chi connectivity index (χ0v) is 10.4. The molecule has 0 aromatic carbocycles. The summed E-state index contributed by atoms with van der Waals surface area (Å²) in [6.45, 7) is 5.80. The molecule has 0 atom stereocenters. The molecule has 0 aliphatic rings. The van der Waals surface area contributed by atoms with E-state index in [1.54, 1.807) is 10.9 Å². The van der Waals surface area contributed by atoms with E-state index in [1.807, 2.05) is 26.8 Å². The molecule has 4 nitrogen and oxygen atoms in total. The summed E-state index contributed by atoms with van der Waals surface area (Å²) >= 11 is 3.51. The summed E-state index contributed by atoms with van der Waals surface area (Å²) in [4.78, 5) is 8.55. The Hall–Kier alpha value is -1.23. The molecule has 0 unspecified atom stereocenters. The van der Waals surface area contributed by atoms with Gasteiger partial charge in [-0.25, -0.2) is 9.97 Å². The fraction of sp³-hybridized carbons (Fsp3) is 0.300. The van der Waals surface area contributed by atoms with Crippen LogP contribution in [0.5, 0.6) is 0 Å². The quantitative estimate of drug-likeness (QED) is 0.796. The molecule has 0 saturated carbocycles. The number of hydrogen-bond donors (Lipinski definition) is 0. The van der Waals surface area contributed by atoms with Gasteiger partial charge in [0.1, 0.15) is 11.6 Å². The third-order valence-corrected chi connectivity index (χ3v) is 3.12. The number of aromatic nitrogens is 4. The van der Waals surface area contributed by atoms with Gasteiger partial charge in [-0.2, -0.15) is 4.68 Å². The lowest BCUT2D eigenvalue weighted by molar-refractivity contribution is 0.797. The van der Waals surface area contributed by atoms with Gasteiger partial charge in [-0.05, 0) is 48.3 Å². The van der Waals surface area contributed by atoms with E-state index < -0.39 is 0 Å². The first-order valence-electron chi connectivity index (χ1n) is 4.61. The number of aryl methyl sites for hydroxylation is 3. The van der Waals surface area contributed by atoms with Gasteiger partial charge in [0.25, 0.3) is 0 Å². The highest BCUT2D eigenvalue weighted by atomic mass is 79.9. The molecule has 0 radical (unpaired) electrons. The van der Waals surface area contributed by atoms with Crippen LogP contribution in [0, 0.1) is 20.8 Å². The summed E-state index contributed by atoms with van der Waals surface area (Å²) in [5.41, 5.74) is 1.13. The average molecular weight is 267 g/mol. The molecule has 0 N–H and O–H groups in total. The summed E-state index contributed by atoms with van der Waals surface area (Å²) in [7, 11) is 0. The van der Waals surface area contributed by atoms with Crippen molar-refractivity contribution < 1.29 is 0 Å². The van der Waals surface area contributed by atoms with Gasteiger partial charge in [0, 0.05) is 6.20 Å². The highest BCUT2D eigenvalue weighted by Gasteiger charge is 2.10. The van der Waals surface area contributed by atoms with E-state index in [9.17, 15) is 0 Å². The Morgan fingerprint density at radius 1 is 1.27 bits per heavy atom. The molecule has 2 heterocycles. The van der Waals surface area contributed by atoms with E-state index in [0.29, 0.717) is 0 Å². The highest BCUT2D eigenvalue weighted by molar-refractivity contribution is 9.10. The molecule has 2 aromatic heterocycles. The Bertz CT molecular complexity index is 504. The Labute approximate surface area is 96.5 Å². The minimum atomic E-state index is 0.753. The van der Waals surface area contributed by atoms with Crippen molar-refractivity contribution in [1.82, 2.24) is 19.7 Å². The molecule has 0 amide bonds. The molecule has 0 fully saturated rings. The number of hydrogen-bond acceptors (Lipinski definition) is 3. The lowest BCUT2D eigenvalue weighted by Crippen LogP contribution is -2.03. The van der Waals surface area contributed by atoms with E-state index in [1.165, 1.54) is 0 Å². The Balaban J connectivity index is 2.64. The average Bonchev–Trinajstić information content (AvgIpc) is 2.50. The van der Waals surface area contributed by atoms with Crippen molar-refractivity contribution in [3.63, 3.8) is 0 Å². The van der Waals surface area contributed by atoms with E-state index in [0.717, 1.165) is 27.5 Å². The maximum atomic E-state index is 4.30. The van der Waals surface area contributed by atoms with Gasteiger partial charge in [-0.1, -0.05) is 0 Å². The summed E-state index contributed by atoms with van der Waals surface area (Å²) in [6, 6.07) is 1.95. The molecule has 0 saturated heterocycles. The molecule has 78 valence electrons. The van der Waals surface area contributed by atoms with Gasteiger partial charge in [-0.3, -0.25) is 0 Å². The zero-order chi connectivity index (χ0) is 11.0. The van der Waals surface area contributed by atoms with Gasteiger partial charge >= 0.3 is 0 Å². The Kier molecular flexibility index (Phi) is 2.56. The van der Waals surface area contributed by atoms with Gasteiger partial charge in [-0.15, -0.1) is 5.10 Å². The van der Waals surface area contributed by atoms with E-state index >= 15 is 0 Å². The van der Waals surface area contributed by atoms with Crippen LogP contribution < -0.4 is 0 Å². The third-order valence-electron chi connectivity index (χ3n) is 2.14. The molecule has 0 aliphatic carbocycles. The largest absolute Gasteiger partial charge is 0.236 e. The lowest BCUT2D eigenvalue weighted by atomic mass is 10.3. The van der Waals surface area contributed by atoms with Gasteiger partial charge in [0.2, 0.25) is 0 Å². The van der Waals surface area contributed by atoms with Gasteiger partial charge in [0.05, 0.1) is 4.47 Å². The first kappa shape index (κ1) is 10.3. The number of halogens is 1. The van der Waals surface area contributed by atoms with Crippen LogP contribution in [0.1, 0.15) is 17.2 Å². The Morgan fingerprint density at radius 2 is 2.00 bits per heavy atom. The van der Waals surface area contributed by atoms with E-state index in [-0.39, 0.29) is 0 Å². The van der Waals surface area contributed by atoms with Crippen LogP contribution in [0.25, 0.3) is 5.82 Å². The summed E-state index contributed by atoms with van der Waals surface area (Å²) < 4.78 is 2.70. The normalized spacial score (nSPS) is 10.7. The molecule has 15 heavy (non-hydrogen) atoms. The summed E-state index contributed by atoms with van der Waals surface area (Å²) in [5, 5.41) is 4.30. The van der Waals surface area contributed by atoms with Crippen molar-refractivity contribution >= 4 is 15.9 Å². The molecular formula is C10H11BrN4. The second kappa shape index (κ2) is 3.73. The standard InChI is InChI=1S/C10H11BrN4/c1-6-4-5-12-10(9(6)11)15-8(3)13-7(2)14-15/h4-5H,1-3H3. The van der Waals surface area contributed by atoms with Crippen LogP contribution in [0.2, 0.25) is 0 Å². The summed E-state index contributed by atoms with van der Waals surface area (Å²) in [6.07, 6.45) is 1.77. The predicted octanol–water partition coefficient (Wildman–Crippen LogP) is 2.35. The third kappa shape index (κ3) is 1.79.